The van der Waals surface area contributed by atoms with Crippen molar-refractivity contribution in [2.75, 3.05) is 13.7 Å². The van der Waals surface area contributed by atoms with Gasteiger partial charge in [0.05, 0.1) is 19.8 Å². The third-order valence-electron chi connectivity index (χ3n) is 6.39. The zero-order chi connectivity index (χ0) is 22.2. The van der Waals surface area contributed by atoms with Gasteiger partial charge in [-0.3, -0.25) is 9.59 Å². The first-order valence-corrected chi connectivity index (χ1v) is 10.5. The van der Waals surface area contributed by atoms with Crippen molar-refractivity contribution in [2.45, 2.75) is 88.6 Å². The van der Waals surface area contributed by atoms with Gasteiger partial charge in [0.25, 0.3) is 0 Å². The number of methoxy groups -OCH3 is 1. The van der Waals surface area contributed by atoms with Crippen molar-refractivity contribution in [3.63, 3.8) is 0 Å². The highest BCUT2D eigenvalue weighted by molar-refractivity contribution is 6.04. The van der Waals surface area contributed by atoms with Gasteiger partial charge in [-0.05, 0) is 33.8 Å². The van der Waals surface area contributed by atoms with Crippen LogP contribution in [0.3, 0.4) is 0 Å². The van der Waals surface area contributed by atoms with Gasteiger partial charge in [0.2, 0.25) is 5.41 Å². The summed E-state index contributed by atoms with van der Waals surface area (Å²) in [6, 6.07) is 0. The fourth-order valence-corrected chi connectivity index (χ4v) is 5.00. The second kappa shape index (κ2) is 6.97. The molecule has 0 unspecified atom stereocenters. The average Bonchev–Trinajstić information content (AvgIpc) is 3.31. The number of esters is 2. The lowest BCUT2D eigenvalue weighted by atomic mass is 9.73. The third-order valence-corrected chi connectivity index (χ3v) is 6.39. The van der Waals surface area contributed by atoms with E-state index in [4.69, 9.17) is 37.9 Å². The summed E-state index contributed by atoms with van der Waals surface area (Å²) in [6.45, 7) is 7.52. The van der Waals surface area contributed by atoms with Gasteiger partial charge in [0, 0.05) is 6.42 Å². The molecule has 172 valence electrons. The zero-order valence-corrected chi connectivity index (χ0v) is 18.2. The molecule has 8 atom stereocenters. The predicted molar refractivity (Wildman–Crippen MR) is 100 cm³/mol. The summed E-state index contributed by atoms with van der Waals surface area (Å²) in [5.41, 5.74) is -1.67. The maximum Gasteiger partial charge on any atom is 0.330 e. The number of fused-ring (bicyclic) bond motifs is 3. The van der Waals surface area contributed by atoms with E-state index >= 15 is 0 Å². The van der Waals surface area contributed by atoms with E-state index < -0.39 is 71.8 Å². The Labute approximate surface area is 180 Å². The molecule has 0 aromatic rings. The van der Waals surface area contributed by atoms with E-state index in [9.17, 15) is 9.59 Å². The number of hydrogen-bond acceptors (Lipinski definition) is 10. The minimum Gasteiger partial charge on any atom is -0.468 e. The zero-order valence-electron chi connectivity index (χ0n) is 18.2. The number of hydrogen-bond donors (Lipinski definition) is 0. The van der Waals surface area contributed by atoms with Crippen molar-refractivity contribution in [2.24, 2.45) is 5.41 Å². The lowest BCUT2D eigenvalue weighted by Gasteiger charge is -2.45. The molecule has 0 aromatic heterocycles. The molecule has 10 heteroatoms. The van der Waals surface area contributed by atoms with Crippen LogP contribution in [0.1, 0.15) is 34.1 Å². The SMILES string of the molecule is COC(=O)[C@@]12C=C[C@@H](C[C@H]1O[C@@H]1[C@H]3OC(C)(C)O[C@H]3O[C@@H]1[C@H]1COC(C)(C)O1)OC2=O. The highest BCUT2D eigenvalue weighted by Crippen LogP contribution is 2.47. The van der Waals surface area contributed by atoms with E-state index in [-0.39, 0.29) is 0 Å². The van der Waals surface area contributed by atoms with Crippen LogP contribution in [0, 0.1) is 5.41 Å². The van der Waals surface area contributed by atoms with Gasteiger partial charge >= 0.3 is 11.9 Å². The normalized spacial score (nSPS) is 46.7. The topological polar surface area (TPSA) is 108 Å². The Morgan fingerprint density at radius 1 is 1.10 bits per heavy atom. The predicted octanol–water partition coefficient (Wildman–Crippen LogP) is 0.813. The molecule has 6 rings (SSSR count). The standard InChI is InChI=1S/C21H28O10/c1-19(2)25-9-11(29-19)13-14(15-16(28-13)31-20(3,4)30-15)27-12-8-10-6-7-21(12,17(22)24-5)18(23)26-10/h6-7,10-16H,8-9H2,1-5H3/t10-,11+,12+,13+,14-,15+,16+,21+/m0/s1. The molecule has 10 nitrogen and oxygen atoms in total. The first kappa shape index (κ1) is 21.3. The van der Waals surface area contributed by atoms with Crippen LogP contribution in [0.25, 0.3) is 0 Å². The van der Waals surface area contributed by atoms with Crippen LogP contribution in [-0.2, 0) is 47.5 Å². The minimum absolute atomic E-state index is 0.303. The lowest BCUT2D eigenvalue weighted by Crippen LogP contribution is -2.60. The van der Waals surface area contributed by atoms with Gasteiger partial charge in [-0.15, -0.1) is 0 Å². The molecule has 0 aromatic carbocycles. The van der Waals surface area contributed by atoms with Crippen molar-refractivity contribution in [3.05, 3.63) is 12.2 Å². The summed E-state index contributed by atoms with van der Waals surface area (Å²) in [7, 11) is 1.23. The largest absolute Gasteiger partial charge is 0.468 e. The maximum absolute atomic E-state index is 12.7. The van der Waals surface area contributed by atoms with Gasteiger partial charge in [0.1, 0.15) is 30.5 Å². The van der Waals surface area contributed by atoms with Crippen molar-refractivity contribution in [1.29, 1.82) is 0 Å². The Hall–Kier alpha value is -1.56. The second-order valence-corrected chi connectivity index (χ2v) is 9.42. The first-order valence-electron chi connectivity index (χ1n) is 10.5. The minimum atomic E-state index is -1.67. The summed E-state index contributed by atoms with van der Waals surface area (Å²) < 4.78 is 46.6. The highest BCUT2D eigenvalue weighted by atomic mass is 16.8. The molecule has 0 amide bonds. The molecular weight excluding hydrogens is 412 g/mol. The number of carbonyl (C=O) groups is 2. The van der Waals surface area contributed by atoms with Crippen LogP contribution in [-0.4, -0.2) is 80.1 Å². The fourth-order valence-electron chi connectivity index (χ4n) is 5.00. The van der Waals surface area contributed by atoms with E-state index in [1.165, 1.54) is 13.2 Å². The number of ether oxygens (including phenoxy) is 8. The Kier molecular flexibility index (Phi) is 4.79. The smallest absolute Gasteiger partial charge is 0.330 e. The first-order chi connectivity index (χ1) is 14.5. The van der Waals surface area contributed by atoms with Crippen LogP contribution in [0.4, 0.5) is 0 Å². The Balaban J connectivity index is 1.45. The van der Waals surface area contributed by atoms with Gasteiger partial charge in [-0.1, -0.05) is 6.08 Å². The molecule has 2 bridgehead atoms. The maximum atomic E-state index is 12.7. The molecule has 0 saturated carbocycles. The van der Waals surface area contributed by atoms with Crippen LogP contribution >= 0.6 is 0 Å². The van der Waals surface area contributed by atoms with E-state index in [0.717, 1.165) is 0 Å². The van der Waals surface area contributed by atoms with Crippen molar-refractivity contribution >= 4 is 11.9 Å². The van der Waals surface area contributed by atoms with Crippen LogP contribution in [0.15, 0.2) is 12.2 Å². The number of rotatable bonds is 4. The molecule has 6 aliphatic rings. The van der Waals surface area contributed by atoms with Crippen molar-refractivity contribution in [1.82, 2.24) is 0 Å². The molecule has 31 heavy (non-hydrogen) atoms. The summed E-state index contributed by atoms with van der Waals surface area (Å²) in [4.78, 5) is 25.4. The van der Waals surface area contributed by atoms with Crippen molar-refractivity contribution in [3.8, 4) is 0 Å². The van der Waals surface area contributed by atoms with Gasteiger partial charge < -0.3 is 37.9 Å². The fraction of sp³-hybridized carbons (Fsp3) is 0.810. The molecule has 1 aliphatic carbocycles. The van der Waals surface area contributed by atoms with Gasteiger partial charge in [-0.2, -0.15) is 0 Å². The Bertz CT molecular complexity index is 806. The van der Waals surface area contributed by atoms with Gasteiger partial charge in [0.15, 0.2) is 17.9 Å². The van der Waals surface area contributed by atoms with E-state index in [1.807, 2.05) is 13.8 Å². The molecular formula is C21H28O10. The summed E-state index contributed by atoms with van der Waals surface area (Å²) in [6.07, 6.45) is -0.662. The molecule has 5 heterocycles. The molecule has 0 spiro atoms. The van der Waals surface area contributed by atoms with E-state index in [1.54, 1.807) is 19.9 Å². The van der Waals surface area contributed by atoms with Gasteiger partial charge in [-0.25, -0.2) is 0 Å². The Morgan fingerprint density at radius 3 is 2.52 bits per heavy atom. The molecule has 4 saturated heterocycles. The summed E-state index contributed by atoms with van der Waals surface area (Å²) in [5, 5.41) is 0. The van der Waals surface area contributed by atoms with Crippen LogP contribution < -0.4 is 0 Å². The molecule has 5 aliphatic heterocycles. The third kappa shape index (κ3) is 3.32. The molecule has 0 radical (unpaired) electrons. The number of carbonyl (C=O) groups excluding carboxylic acids is 2. The average molecular weight is 440 g/mol. The molecule has 4 fully saturated rings. The monoisotopic (exact) mass is 440 g/mol. The van der Waals surface area contributed by atoms with Crippen molar-refractivity contribution < 1.29 is 47.5 Å². The Morgan fingerprint density at radius 2 is 1.87 bits per heavy atom. The lowest BCUT2D eigenvalue weighted by molar-refractivity contribution is -0.247. The summed E-state index contributed by atoms with van der Waals surface area (Å²) >= 11 is 0. The molecule has 0 N–H and O–H groups in total. The summed E-state index contributed by atoms with van der Waals surface area (Å²) in [5.74, 6) is -3.03. The quantitative estimate of drug-likeness (QED) is 0.354. The second-order valence-electron chi connectivity index (χ2n) is 9.42. The highest BCUT2D eigenvalue weighted by Gasteiger charge is 2.64. The van der Waals surface area contributed by atoms with E-state index in [0.29, 0.717) is 13.0 Å². The van der Waals surface area contributed by atoms with Crippen LogP contribution in [0.2, 0.25) is 0 Å². The van der Waals surface area contributed by atoms with Crippen LogP contribution in [0.5, 0.6) is 0 Å². The van der Waals surface area contributed by atoms with E-state index in [2.05, 4.69) is 0 Å².